The highest BCUT2D eigenvalue weighted by atomic mass is 16.5. The first kappa shape index (κ1) is 14.8. The lowest BCUT2D eigenvalue weighted by atomic mass is 10.1. The van der Waals surface area contributed by atoms with E-state index < -0.39 is 0 Å². The molecule has 2 aromatic heterocycles. The molecule has 0 saturated carbocycles. The van der Waals surface area contributed by atoms with Crippen molar-refractivity contribution >= 4 is 11.5 Å². The molecule has 24 heavy (non-hydrogen) atoms. The number of hydrogen-bond acceptors (Lipinski definition) is 5. The summed E-state index contributed by atoms with van der Waals surface area (Å²) in [6.07, 6.45) is 6.80. The normalized spacial score (nSPS) is 16.0. The van der Waals surface area contributed by atoms with Crippen LogP contribution in [0.5, 0.6) is 11.5 Å². The maximum absolute atomic E-state index is 5.86. The molecule has 3 aromatic rings. The van der Waals surface area contributed by atoms with Crippen LogP contribution >= 0.6 is 0 Å². The molecule has 0 aliphatic carbocycles. The van der Waals surface area contributed by atoms with E-state index in [-0.39, 0.29) is 6.10 Å². The van der Waals surface area contributed by atoms with Crippen molar-refractivity contribution in [2.24, 2.45) is 0 Å². The number of fused-ring (bicyclic) bond motifs is 2. The monoisotopic (exact) mass is 324 g/mol. The van der Waals surface area contributed by atoms with Gasteiger partial charge >= 0.3 is 0 Å². The lowest BCUT2D eigenvalue weighted by molar-refractivity contribution is 0.254. The van der Waals surface area contributed by atoms with Crippen LogP contribution < -0.4 is 14.8 Å². The fraction of sp³-hybridized carbons (Fsp3) is 0.333. The first-order valence-corrected chi connectivity index (χ1v) is 8.22. The summed E-state index contributed by atoms with van der Waals surface area (Å²) in [6, 6.07) is 5.99. The van der Waals surface area contributed by atoms with Crippen LogP contribution in [0.25, 0.3) is 5.78 Å². The van der Waals surface area contributed by atoms with Gasteiger partial charge in [0.15, 0.2) is 0 Å². The van der Waals surface area contributed by atoms with E-state index in [1.807, 2.05) is 35.9 Å². The number of hydrogen-bond donors (Lipinski definition) is 1. The molecule has 1 N–H and O–H groups in total. The molecule has 6 heteroatoms. The van der Waals surface area contributed by atoms with E-state index in [2.05, 4.69) is 28.3 Å². The van der Waals surface area contributed by atoms with Gasteiger partial charge in [-0.3, -0.25) is 4.40 Å². The van der Waals surface area contributed by atoms with Gasteiger partial charge in [0.25, 0.3) is 0 Å². The number of ether oxygens (including phenoxy) is 2. The molecule has 124 valence electrons. The Kier molecular flexibility index (Phi) is 3.72. The second-order valence-electron chi connectivity index (χ2n) is 5.93. The molecule has 0 radical (unpaired) electrons. The van der Waals surface area contributed by atoms with Crippen LogP contribution in [0, 0.1) is 0 Å². The van der Waals surface area contributed by atoms with E-state index in [9.17, 15) is 0 Å². The molecule has 0 saturated heterocycles. The van der Waals surface area contributed by atoms with Crippen LogP contribution in [-0.4, -0.2) is 27.1 Å². The van der Waals surface area contributed by atoms with Crippen molar-refractivity contribution in [3.05, 3.63) is 48.0 Å². The molecule has 1 unspecified atom stereocenters. The topological polar surface area (TPSA) is 60.7 Å². The zero-order valence-electron chi connectivity index (χ0n) is 13.8. The molecule has 4 rings (SSSR count). The number of anilines is 1. The molecule has 1 aromatic carbocycles. The molecule has 0 bridgehead atoms. The third-order valence-electron chi connectivity index (χ3n) is 4.04. The Hall–Kier alpha value is -2.76. The van der Waals surface area contributed by atoms with Gasteiger partial charge in [-0.2, -0.15) is 0 Å². The van der Waals surface area contributed by atoms with Crippen molar-refractivity contribution in [3.8, 4) is 11.5 Å². The van der Waals surface area contributed by atoms with Gasteiger partial charge in [0.05, 0.1) is 24.5 Å². The van der Waals surface area contributed by atoms with Crippen molar-refractivity contribution in [3.63, 3.8) is 0 Å². The van der Waals surface area contributed by atoms with E-state index in [0.29, 0.717) is 18.9 Å². The summed E-state index contributed by atoms with van der Waals surface area (Å²) in [5.74, 6) is 2.49. The SMILES string of the molecule is CCOc1cc2c(cc1NCc1cn3cccnc3n1)OC(C)C2. The molecule has 6 nitrogen and oxygen atoms in total. The lowest BCUT2D eigenvalue weighted by Crippen LogP contribution is -2.05. The van der Waals surface area contributed by atoms with Crippen LogP contribution in [0.1, 0.15) is 25.1 Å². The average Bonchev–Trinajstić information content (AvgIpc) is 3.14. The van der Waals surface area contributed by atoms with Gasteiger partial charge in [0.1, 0.15) is 17.6 Å². The standard InChI is InChI=1S/C18H20N4O2/c1-3-23-17-8-13-7-12(2)24-16(13)9-15(17)20-10-14-11-22-6-4-5-19-18(22)21-14/h4-6,8-9,11-12,20H,3,7,10H2,1-2H3. The van der Waals surface area contributed by atoms with Crippen molar-refractivity contribution in [2.45, 2.75) is 32.9 Å². The minimum atomic E-state index is 0.217. The molecular weight excluding hydrogens is 304 g/mol. The molecule has 0 amide bonds. The Balaban J connectivity index is 1.58. The van der Waals surface area contributed by atoms with Gasteiger partial charge < -0.3 is 14.8 Å². The number of nitrogens with one attached hydrogen (secondary N) is 1. The summed E-state index contributed by atoms with van der Waals surface area (Å²) >= 11 is 0. The summed E-state index contributed by atoms with van der Waals surface area (Å²) in [6.45, 7) is 5.29. The van der Waals surface area contributed by atoms with Crippen molar-refractivity contribution < 1.29 is 9.47 Å². The van der Waals surface area contributed by atoms with Crippen molar-refractivity contribution in [1.82, 2.24) is 14.4 Å². The highest BCUT2D eigenvalue weighted by Crippen LogP contribution is 2.38. The molecule has 1 aliphatic heterocycles. The largest absolute Gasteiger partial charge is 0.492 e. The Labute approximate surface area is 140 Å². The average molecular weight is 324 g/mol. The maximum atomic E-state index is 5.86. The number of nitrogens with zero attached hydrogens (tertiary/aromatic N) is 3. The van der Waals surface area contributed by atoms with Gasteiger partial charge in [-0.1, -0.05) is 0 Å². The lowest BCUT2D eigenvalue weighted by Gasteiger charge is -2.13. The molecule has 0 fully saturated rings. The predicted octanol–water partition coefficient (Wildman–Crippen LogP) is 3.06. The zero-order valence-corrected chi connectivity index (χ0v) is 13.8. The van der Waals surface area contributed by atoms with E-state index >= 15 is 0 Å². The minimum absolute atomic E-state index is 0.217. The first-order chi connectivity index (χ1) is 11.7. The third-order valence-corrected chi connectivity index (χ3v) is 4.04. The Bertz CT molecular complexity index is 842. The van der Waals surface area contributed by atoms with Crippen LogP contribution in [0.3, 0.4) is 0 Å². The number of rotatable bonds is 5. The number of imidazole rings is 1. The molecule has 0 spiro atoms. The summed E-state index contributed by atoms with van der Waals surface area (Å²) in [5.41, 5.74) is 3.05. The first-order valence-electron chi connectivity index (χ1n) is 8.22. The molecule has 3 heterocycles. The van der Waals surface area contributed by atoms with Gasteiger partial charge in [-0.15, -0.1) is 0 Å². The Morgan fingerprint density at radius 1 is 1.42 bits per heavy atom. The Morgan fingerprint density at radius 3 is 3.17 bits per heavy atom. The fourth-order valence-electron chi connectivity index (χ4n) is 3.00. The van der Waals surface area contributed by atoms with Gasteiger partial charge in [-0.25, -0.2) is 9.97 Å². The van der Waals surface area contributed by atoms with Gasteiger partial charge in [0, 0.05) is 36.6 Å². The zero-order chi connectivity index (χ0) is 16.5. The van der Waals surface area contributed by atoms with Crippen molar-refractivity contribution in [2.75, 3.05) is 11.9 Å². The Morgan fingerprint density at radius 2 is 2.33 bits per heavy atom. The van der Waals surface area contributed by atoms with Gasteiger partial charge in [0.2, 0.25) is 5.78 Å². The molecule has 1 atom stereocenters. The number of aromatic nitrogens is 3. The van der Waals surface area contributed by atoms with Crippen molar-refractivity contribution in [1.29, 1.82) is 0 Å². The number of benzene rings is 1. The van der Waals surface area contributed by atoms with E-state index in [1.165, 1.54) is 5.56 Å². The smallest absolute Gasteiger partial charge is 0.233 e. The third kappa shape index (κ3) is 2.75. The van der Waals surface area contributed by atoms with Gasteiger partial charge in [-0.05, 0) is 26.0 Å². The summed E-state index contributed by atoms with van der Waals surface area (Å²) in [4.78, 5) is 8.74. The summed E-state index contributed by atoms with van der Waals surface area (Å²) in [7, 11) is 0. The van der Waals surface area contributed by atoms with Crippen LogP contribution in [0.2, 0.25) is 0 Å². The van der Waals surface area contributed by atoms with E-state index in [1.54, 1.807) is 6.20 Å². The maximum Gasteiger partial charge on any atom is 0.233 e. The highest BCUT2D eigenvalue weighted by molar-refractivity contribution is 5.63. The molecular formula is C18H20N4O2. The second-order valence-corrected chi connectivity index (χ2v) is 5.93. The minimum Gasteiger partial charge on any atom is -0.492 e. The van der Waals surface area contributed by atoms with E-state index in [4.69, 9.17) is 9.47 Å². The van der Waals surface area contributed by atoms with E-state index in [0.717, 1.165) is 29.3 Å². The highest BCUT2D eigenvalue weighted by Gasteiger charge is 2.22. The van der Waals surface area contributed by atoms with Crippen LogP contribution in [0.4, 0.5) is 5.69 Å². The van der Waals surface area contributed by atoms with Crippen LogP contribution in [0.15, 0.2) is 36.8 Å². The predicted molar refractivity (Wildman–Crippen MR) is 91.7 cm³/mol. The second kappa shape index (κ2) is 6.03. The van der Waals surface area contributed by atoms with Crippen LogP contribution in [-0.2, 0) is 13.0 Å². The fourth-order valence-corrected chi connectivity index (χ4v) is 3.00. The summed E-state index contributed by atoms with van der Waals surface area (Å²) < 4.78 is 13.6. The molecule has 1 aliphatic rings. The quantitative estimate of drug-likeness (QED) is 0.781. The summed E-state index contributed by atoms with van der Waals surface area (Å²) in [5, 5.41) is 3.41.